The predicted octanol–water partition coefficient (Wildman–Crippen LogP) is 2.40. The van der Waals surface area contributed by atoms with Gasteiger partial charge < -0.3 is 24.6 Å². The highest BCUT2D eigenvalue weighted by Gasteiger charge is 2.69. The molecule has 0 unspecified atom stereocenters. The van der Waals surface area contributed by atoms with Gasteiger partial charge in [0.2, 0.25) is 18.0 Å². The molecule has 4 saturated heterocycles. The summed E-state index contributed by atoms with van der Waals surface area (Å²) in [5, 5.41) is 12.0. The fourth-order valence-corrected chi connectivity index (χ4v) is 5.89. The third kappa shape index (κ3) is 4.18. The molecule has 2 N–H and O–H groups in total. The number of amides is 1. The SMILES string of the molecule is C[C@@H]1[C@H](OC(=O)CCC(=O)NC(C)(C)CO)O[C@H]2O[C@]3(C)CC[C@H]4[C@H](C)CC[C@H]1[C@]24OO3. The summed E-state index contributed by atoms with van der Waals surface area (Å²) in [6, 6.07) is 0. The van der Waals surface area contributed by atoms with Gasteiger partial charge in [0.1, 0.15) is 0 Å². The van der Waals surface area contributed by atoms with Crippen LogP contribution in [0.5, 0.6) is 0 Å². The fraction of sp³-hybridized carbons (Fsp3) is 0.913. The van der Waals surface area contributed by atoms with Crippen molar-refractivity contribution in [2.75, 3.05) is 6.61 Å². The van der Waals surface area contributed by atoms with E-state index in [4.69, 9.17) is 24.0 Å². The lowest BCUT2D eigenvalue weighted by Gasteiger charge is -2.59. The predicted molar refractivity (Wildman–Crippen MR) is 111 cm³/mol. The highest BCUT2D eigenvalue weighted by Crippen LogP contribution is 2.60. The minimum Gasteiger partial charge on any atom is -0.435 e. The molecule has 4 heterocycles. The van der Waals surface area contributed by atoms with Gasteiger partial charge >= 0.3 is 5.97 Å². The molecule has 0 radical (unpaired) electrons. The Balaban J connectivity index is 1.43. The van der Waals surface area contributed by atoms with Crippen LogP contribution in [0.15, 0.2) is 0 Å². The monoisotopic (exact) mass is 455 g/mol. The van der Waals surface area contributed by atoms with Crippen molar-refractivity contribution in [3.8, 4) is 0 Å². The van der Waals surface area contributed by atoms with Gasteiger partial charge in [-0.2, -0.15) is 0 Å². The van der Waals surface area contributed by atoms with Crippen molar-refractivity contribution in [1.29, 1.82) is 0 Å². The molecule has 5 fully saturated rings. The van der Waals surface area contributed by atoms with Crippen molar-refractivity contribution in [3.05, 3.63) is 0 Å². The lowest BCUT2D eigenvalue weighted by atomic mass is 9.58. The van der Waals surface area contributed by atoms with Crippen molar-refractivity contribution in [2.45, 2.75) is 103 Å². The summed E-state index contributed by atoms with van der Waals surface area (Å²) < 4.78 is 18.2. The van der Waals surface area contributed by atoms with Gasteiger partial charge in [-0.3, -0.25) is 9.59 Å². The molecule has 1 amide bonds. The standard InChI is InChI=1S/C23H37NO8/c1-13-6-7-16-14(2)19(28-18(27)9-8-17(26)24-21(3,4)12-25)29-20-23(16)15(13)10-11-22(5,30-20)31-32-23/h13-16,19-20,25H,6-12H2,1-5H3,(H,24,26)/t13-,14+,15+,16-,19-,20+,22+,23+/m1/s1. The molecule has 0 aromatic rings. The number of nitrogens with one attached hydrogen (secondary N) is 1. The van der Waals surface area contributed by atoms with E-state index in [1.165, 1.54) is 0 Å². The van der Waals surface area contributed by atoms with Gasteiger partial charge in [-0.25, -0.2) is 9.78 Å². The number of hydrogen-bond donors (Lipinski definition) is 2. The minimum atomic E-state index is -0.885. The van der Waals surface area contributed by atoms with E-state index in [9.17, 15) is 14.7 Å². The van der Waals surface area contributed by atoms with E-state index >= 15 is 0 Å². The molecule has 8 atom stereocenters. The molecule has 9 nitrogen and oxygen atoms in total. The van der Waals surface area contributed by atoms with Crippen LogP contribution in [0.3, 0.4) is 0 Å². The number of carbonyl (C=O) groups is 2. The fourth-order valence-electron chi connectivity index (χ4n) is 5.89. The maximum atomic E-state index is 12.5. The van der Waals surface area contributed by atoms with E-state index in [0.29, 0.717) is 12.3 Å². The van der Waals surface area contributed by atoms with Gasteiger partial charge in [0.25, 0.3) is 0 Å². The molecule has 0 aromatic carbocycles. The van der Waals surface area contributed by atoms with Gasteiger partial charge in [-0.1, -0.05) is 13.8 Å². The first-order valence-corrected chi connectivity index (χ1v) is 11.8. The van der Waals surface area contributed by atoms with Crippen LogP contribution in [-0.2, 0) is 33.6 Å². The molecule has 2 bridgehead atoms. The zero-order chi connectivity index (χ0) is 23.3. The van der Waals surface area contributed by atoms with E-state index in [1.54, 1.807) is 13.8 Å². The molecule has 1 spiro atoms. The normalized spacial score (nSPS) is 43.2. The first kappa shape index (κ1) is 23.9. The summed E-state index contributed by atoms with van der Waals surface area (Å²) in [6.07, 6.45) is 2.08. The molecule has 1 aliphatic carbocycles. The largest absolute Gasteiger partial charge is 0.435 e. The molecular formula is C23H37NO8. The van der Waals surface area contributed by atoms with Crippen LogP contribution >= 0.6 is 0 Å². The number of esters is 1. The van der Waals surface area contributed by atoms with Crippen LogP contribution in [0.1, 0.15) is 73.1 Å². The lowest BCUT2D eigenvalue weighted by molar-refractivity contribution is -0.576. The van der Waals surface area contributed by atoms with E-state index in [-0.39, 0.29) is 43.1 Å². The summed E-state index contributed by atoms with van der Waals surface area (Å²) >= 11 is 0. The third-order valence-electron chi connectivity index (χ3n) is 7.77. The van der Waals surface area contributed by atoms with Crippen LogP contribution in [0.25, 0.3) is 0 Å². The molecule has 5 rings (SSSR count). The van der Waals surface area contributed by atoms with Gasteiger partial charge in [0, 0.05) is 24.7 Å². The molecule has 4 aliphatic heterocycles. The van der Waals surface area contributed by atoms with Crippen LogP contribution < -0.4 is 5.32 Å². The zero-order valence-electron chi connectivity index (χ0n) is 19.7. The van der Waals surface area contributed by atoms with Gasteiger partial charge in [-0.05, 0) is 51.9 Å². The highest BCUT2D eigenvalue weighted by atomic mass is 17.3. The molecule has 32 heavy (non-hydrogen) atoms. The molecule has 182 valence electrons. The van der Waals surface area contributed by atoms with Crippen LogP contribution in [0.2, 0.25) is 0 Å². The van der Waals surface area contributed by atoms with Crippen molar-refractivity contribution in [1.82, 2.24) is 5.32 Å². The second kappa shape index (κ2) is 8.51. The first-order valence-electron chi connectivity index (χ1n) is 11.8. The molecule has 0 aromatic heterocycles. The Morgan fingerprint density at radius 2 is 1.88 bits per heavy atom. The van der Waals surface area contributed by atoms with Crippen LogP contribution in [-0.4, -0.2) is 53.1 Å². The molecule has 1 saturated carbocycles. The number of ether oxygens (including phenoxy) is 3. The topological polar surface area (TPSA) is 113 Å². The minimum absolute atomic E-state index is 0.0225. The smallest absolute Gasteiger partial charge is 0.308 e. The number of aliphatic hydroxyl groups excluding tert-OH is 1. The van der Waals surface area contributed by atoms with Gasteiger partial charge in [-0.15, -0.1) is 0 Å². The van der Waals surface area contributed by atoms with Crippen molar-refractivity contribution in [3.63, 3.8) is 0 Å². The zero-order valence-corrected chi connectivity index (χ0v) is 19.7. The van der Waals surface area contributed by atoms with E-state index in [1.807, 2.05) is 13.8 Å². The number of fused-ring (bicyclic) bond motifs is 2. The Morgan fingerprint density at radius 1 is 1.12 bits per heavy atom. The Kier molecular flexibility index (Phi) is 6.35. The van der Waals surface area contributed by atoms with Gasteiger partial charge in [0.05, 0.1) is 18.6 Å². The molecular weight excluding hydrogens is 418 g/mol. The van der Waals surface area contributed by atoms with E-state index in [2.05, 4.69) is 12.2 Å². The average Bonchev–Trinajstić information content (AvgIpc) is 2.96. The maximum absolute atomic E-state index is 12.5. The maximum Gasteiger partial charge on any atom is 0.308 e. The van der Waals surface area contributed by atoms with Crippen molar-refractivity contribution >= 4 is 11.9 Å². The Bertz CT molecular complexity index is 744. The van der Waals surface area contributed by atoms with Crippen LogP contribution in [0.4, 0.5) is 0 Å². The third-order valence-corrected chi connectivity index (χ3v) is 7.77. The average molecular weight is 456 g/mol. The quantitative estimate of drug-likeness (QED) is 0.464. The molecule has 9 heteroatoms. The number of hydrogen-bond acceptors (Lipinski definition) is 8. The highest BCUT2D eigenvalue weighted by molar-refractivity contribution is 5.81. The Morgan fingerprint density at radius 3 is 2.59 bits per heavy atom. The second-order valence-corrected chi connectivity index (χ2v) is 10.9. The van der Waals surface area contributed by atoms with E-state index in [0.717, 1.165) is 19.3 Å². The van der Waals surface area contributed by atoms with Gasteiger partial charge in [0.15, 0.2) is 11.9 Å². The summed E-state index contributed by atoms with van der Waals surface area (Å²) in [7, 11) is 0. The second-order valence-electron chi connectivity index (χ2n) is 10.9. The summed E-state index contributed by atoms with van der Waals surface area (Å²) in [6.45, 7) is 9.34. The first-order chi connectivity index (χ1) is 15.0. The number of carbonyl (C=O) groups excluding carboxylic acids is 2. The molecule has 5 aliphatic rings. The lowest BCUT2D eigenvalue weighted by Crippen LogP contribution is -2.70. The summed E-state index contributed by atoms with van der Waals surface area (Å²) in [5.41, 5.74) is -1.44. The number of rotatable bonds is 6. The summed E-state index contributed by atoms with van der Waals surface area (Å²) in [5.74, 6) is -1.04. The Hall–Kier alpha value is -1.26. The van der Waals surface area contributed by atoms with Crippen LogP contribution in [0, 0.1) is 23.7 Å². The van der Waals surface area contributed by atoms with E-state index < -0.39 is 35.5 Å². The van der Waals surface area contributed by atoms with Crippen molar-refractivity contribution < 1.29 is 38.7 Å². The van der Waals surface area contributed by atoms with Crippen molar-refractivity contribution in [2.24, 2.45) is 23.7 Å². The summed E-state index contributed by atoms with van der Waals surface area (Å²) in [4.78, 5) is 36.5. The Labute approximate surface area is 189 Å². The number of aliphatic hydroxyl groups is 1.